The molecule has 0 saturated carbocycles. The Morgan fingerprint density at radius 3 is 2.56 bits per heavy atom. The van der Waals surface area contributed by atoms with E-state index in [0.717, 1.165) is 4.31 Å². The first-order valence-corrected chi connectivity index (χ1v) is 6.36. The Labute approximate surface area is 94.9 Å². The van der Waals surface area contributed by atoms with E-state index < -0.39 is 15.9 Å². The van der Waals surface area contributed by atoms with Crippen LogP contribution in [0.5, 0.6) is 0 Å². The van der Waals surface area contributed by atoms with Crippen LogP contribution in [0.15, 0.2) is 24.3 Å². The van der Waals surface area contributed by atoms with Gasteiger partial charge >= 0.3 is 0 Å². The zero-order valence-corrected chi connectivity index (χ0v) is 9.99. The fraction of sp³-hybridized carbons (Fsp3) is 0.300. The molecule has 16 heavy (non-hydrogen) atoms. The summed E-state index contributed by atoms with van der Waals surface area (Å²) >= 11 is 0. The van der Waals surface area contributed by atoms with E-state index in [0.29, 0.717) is 5.69 Å². The molecule has 88 valence electrons. The maximum absolute atomic E-state index is 11.6. The van der Waals surface area contributed by atoms with Gasteiger partial charge in [-0.15, -0.1) is 0 Å². The molecule has 0 radical (unpaired) electrons. The number of hydrogen-bond donors (Lipinski definition) is 1. The largest absolute Gasteiger partial charge is 0.366 e. The Morgan fingerprint density at radius 2 is 2.06 bits per heavy atom. The van der Waals surface area contributed by atoms with E-state index in [9.17, 15) is 13.2 Å². The van der Waals surface area contributed by atoms with Gasteiger partial charge < -0.3 is 5.73 Å². The molecule has 0 aliphatic rings. The van der Waals surface area contributed by atoms with E-state index in [2.05, 4.69) is 0 Å². The van der Waals surface area contributed by atoms with E-state index in [1.54, 1.807) is 19.1 Å². The number of anilines is 1. The predicted octanol–water partition coefficient (Wildman–Crippen LogP) is 0.571. The van der Waals surface area contributed by atoms with Crippen LogP contribution in [0.3, 0.4) is 0 Å². The highest BCUT2D eigenvalue weighted by Crippen LogP contribution is 2.17. The lowest BCUT2D eigenvalue weighted by atomic mass is 10.2. The molecular formula is C10H14N2O3S. The van der Waals surface area contributed by atoms with Gasteiger partial charge in [0.15, 0.2) is 0 Å². The van der Waals surface area contributed by atoms with Gasteiger partial charge in [-0.25, -0.2) is 8.42 Å². The van der Waals surface area contributed by atoms with Crippen molar-refractivity contribution in [3.8, 4) is 0 Å². The van der Waals surface area contributed by atoms with Crippen molar-refractivity contribution in [1.82, 2.24) is 0 Å². The average Bonchev–Trinajstić information content (AvgIpc) is 2.28. The molecule has 0 aromatic heterocycles. The van der Waals surface area contributed by atoms with Crippen LogP contribution in [0.4, 0.5) is 5.69 Å². The molecule has 1 amide bonds. The highest BCUT2D eigenvalue weighted by Gasteiger charge is 2.16. The lowest BCUT2D eigenvalue weighted by molar-refractivity contribution is 0.100. The first-order valence-electron chi connectivity index (χ1n) is 4.75. The van der Waals surface area contributed by atoms with E-state index >= 15 is 0 Å². The number of nitrogens with two attached hydrogens (primary N) is 1. The van der Waals surface area contributed by atoms with Crippen LogP contribution in [0, 0.1) is 0 Å². The molecule has 0 aliphatic heterocycles. The molecule has 1 aromatic carbocycles. The minimum Gasteiger partial charge on any atom is -0.366 e. The van der Waals surface area contributed by atoms with Gasteiger partial charge in [0.05, 0.1) is 11.4 Å². The summed E-state index contributed by atoms with van der Waals surface area (Å²) in [6, 6.07) is 6.20. The van der Waals surface area contributed by atoms with Gasteiger partial charge in [0.25, 0.3) is 0 Å². The van der Waals surface area contributed by atoms with Crippen molar-refractivity contribution >= 4 is 21.6 Å². The number of amides is 1. The SMILES string of the molecule is CCS(=O)(=O)N(C)c1cccc(C(N)=O)c1. The van der Waals surface area contributed by atoms with Crippen molar-refractivity contribution < 1.29 is 13.2 Å². The number of nitrogens with zero attached hydrogens (tertiary/aromatic N) is 1. The summed E-state index contributed by atoms with van der Waals surface area (Å²) in [6.45, 7) is 1.56. The average molecular weight is 242 g/mol. The monoisotopic (exact) mass is 242 g/mol. The van der Waals surface area contributed by atoms with Crippen LogP contribution in [0.2, 0.25) is 0 Å². The number of sulfonamides is 1. The summed E-state index contributed by atoms with van der Waals surface area (Å²) in [7, 11) is -1.87. The van der Waals surface area contributed by atoms with E-state index in [-0.39, 0.29) is 11.3 Å². The molecule has 0 atom stereocenters. The van der Waals surface area contributed by atoms with Crippen molar-refractivity contribution in [2.45, 2.75) is 6.92 Å². The van der Waals surface area contributed by atoms with E-state index in [4.69, 9.17) is 5.73 Å². The lowest BCUT2D eigenvalue weighted by Crippen LogP contribution is -2.28. The molecule has 0 saturated heterocycles. The van der Waals surface area contributed by atoms with Gasteiger partial charge in [0.2, 0.25) is 15.9 Å². The standard InChI is InChI=1S/C10H14N2O3S/c1-3-16(14,15)12(2)9-6-4-5-8(7-9)10(11)13/h4-7H,3H2,1-2H3,(H2,11,13). The minimum atomic E-state index is -3.31. The molecular weight excluding hydrogens is 228 g/mol. The molecule has 0 fully saturated rings. The maximum Gasteiger partial charge on any atom is 0.248 e. The normalized spacial score (nSPS) is 11.1. The van der Waals surface area contributed by atoms with Crippen LogP contribution in [-0.2, 0) is 10.0 Å². The number of carbonyl (C=O) groups is 1. The molecule has 0 bridgehead atoms. The van der Waals surface area contributed by atoms with Gasteiger partial charge in [0, 0.05) is 12.6 Å². The third kappa shape index (κ3) is 2.52. The van der Waals surface area contributed by atoms with E-state index in [1.165, 1.54) is 19.2 Å². The molecule has 2 N–H and O–H groups in total. The van der Waals surface area contributed by atoms with Crippen LogP contribution in [0.25, 0.3) is 0 Å². The molecule has 0 spiro atoms. The van der Waals surface area contributed by atoms with Gasteiger partial charge in [-0.1, -0.05) is 6.07 Å². The summed E-state index contributed by atoms with van der Waals surface area (Å²) in [6.07, 6.45) is 0. The number of primary amides is 1. The first kappa shape index (κ1) is 12.5. The zero-order chi connectivity index (χ0) is 12.3. The number of rotatable bonds is 4. The molecule has 0 unspecified atom stereocenters. The third-order valence-electron chi connectivity index (χ3n) is 2.28. The number of benzene rings is 1. The molecule has 6 heteroatoms. The van der Waals surface area contributed by atoms with Crippen molar-refractivity contribution in [1.29, 1.82) is 0 Å². The van der Waals surface area contributed by atoms with Crippen LogP contribution in [0.1, 0.15) is 17.3 Å². The van der Waals surface area contributed by atoms with Gasteiger partial charge in [-0.05, 0) is 25.1 Å². The fourth-order valence-corrected chi connectivity index (χ4v) is 2.03. The molecule has 0 aliphatic carbocycles. The van der Waals surface area contributed by atoms with Crippen LogP contribution >= 0.6 is 0 Å². The topological polar surface area (TPSA) is 80.5 Å². The third-order valence-corrected chi connectivity index (χ3v) is 4.05. The van der Waals surface area contributed by atoms with E-state index in [1.807, 2.05) is 0 Å². The molecule has 0 heterocycles. The van der Waals surface area contributed by atoms with Gasteiger partial charge in [-0.3, -0.25) is 9.10 Å². The summed E-state index contributed by atoms with van der Waals surface area (Å²) in [5.41, 5.74) is 5.83. The molecule has 1 aromatic rings. The molecule has 5 nitrogen and oxygen atoms in total. The van der Waals surface area contributed by atoms with Gasteiger partial charge in [-0.2, -0.15) is 0 Å². The summed E-state index contributed by atoms with van der Waals surface area (Å²) < 4.78 is 24.3. The second-order valence-electron chi connectivity index (χ2n) is 3.28. The fourth-order valence-electron chi connectivity index (χ4n) is 1.21. The minimum absolute atomic E-state index is 0.00426. The summed E-state index contributed by atoms with van der Waals surface area (Å²) in [4.78, 5) is 10.9. The maximum atomic E-state index is 11.6. The number of hydrogen-bond acceptors (Lipinski definition) is 3. The van der Waals surface area contributed by atoms with Crippen LogP contribution in [-0.4, -0.2) is 27.1 Å². The predicted molar refractivity (Wildman–Crippen MR) is 62.8 cm³/mol. The van der Waals surface area contributed by atoms with Crippen molar-refractivity contribution in [3.63, 3.8) is 0 Å². The van der Waals surface area contributed by atoms with Crippen molar-refractivity contribution in [2.24, 2.45) is 5.73 Å². The first-order chi connectivity index (χ1) is 7.38. The Bertz CT molecular complexity index is 497. The second-order valence-corrected chi connectivity index (χ2v) is 5.57. The van der Waals surface area contributed by atoms with Crippen molar-refractivity contribution in [2.75, 3.05) is 17.1 Å². The Balaban J connectivity index is 3.15. The Hall–Kier alpha value is -1.56. The zero-order valence-electron chi connectivity index (χ0n) is 9.17. The highest BCUT2D eigenvalue weighted by molar-refractivity contribution is 7.92. The number of carbonyl (C=O) groups excluding carboxylic acids is 1. The summed E-state index contributed by atoms with van der Waals surface area (Å²) in [5.74, 6) is -0.575. The van der Waals surface area contributed by atoms with Crippen molar-refractivity contribution in [3.05, 3.63) is 29.8 Å². The Kier molecular flexibility index (Phi) is 3.54. The lowest BCUT2D eigenvalue weighted by Gasteiger charge is -2.18. The van der Waals surface area contributed by atoms with Crippen LogP contribution < -0.4 is 10.0 Å². The molecule has 1 rings (SSSR count). The Morgan fingerprint density at radius 1 is 1.44 bits per heavy atom. The summed E-state index contributed by atoms with van der Waals surface area (Å²) in [5, 5.41) is 0. The quantitative estimate of drug-likeness (QED) is 0.838. The van der Waals surface area contributed by atoms with Gasteiger partial charge in [0.1, 0.15) is 0 Å². The highest BCUT2D eigenvalue weighted by atomic mass is 32.2. The smallest absolute Gasteiger partial charge is 0.248 e. The second kappa shape index (κ2) is 4.52.